The Morgan fingerprint density at radius 3 is 2.26 bits per heavy atom. The SMILES string of the molecule is CC1(C)CC2CC(C)(CN2CC2CC(c3ccc(CO)cc3)OC(c3ccc(-c4ccccc4CNC(=O)NCc4ccccc4)cc3)O2)C1. The monoisotopic (exact) mass is 673 g/mol. The molecule has 262 valence electrons. The van der Waals surface area contributed by atoms with Crippen molar-refractivity contribution in [3.63, 3.8) is 0 Å². The maximum atomic E-state index is 12.6. The first kappa shape index (κ1) is 34.4. The van der Waals surface area contributed by atoms with Gasteiger partial charge in [-0.15, -0.1) is 0 Å². The molecular formula is C43H51N3O4. The second-order valence-corrected chi connectivity index (χ2v) is 15.8. The van der Waals surface area contributed by atoms with Crippen LogP contribution in [0.5, 0.6) is 0 Å². The van der Waals surface area contributed by atoms with Crippen LogP contribution >= 0.6 is 0 Å². The summed E-state index contributed by atoms with van der Waals surface area (Å²) in [5.74, 6) is 0. The van der Waals surface area contributed by atoms with E-state index < -0.39 is 6.29 Å². The Hall–Kier alpha value is -4.01. The fourth-order valence-electron chi connectivity index (χ4n) is 8.88. The quantitative estimate of drug-likeness (QED) is 0.158. The largest absolute Gasteiger partial charge is 0.392 e. The van der Waals surface area contributed by atoms with E-state index in [1.807, 2.05) is 54.6 Å². The van der Waals surface area contributed by atoms with Gasteiger partial charge in [-0.05, 0) is 63.5 Å². The fourth-order valence-corrected chi connectivity index (χ4v) is 8.88. The summed E-state index contributed by atoms with van der Waals surface area (Å²) >= 11 is 0. The summed E-state index contributed by atoms with van der Waals surface area (Å²) in [6.45, 7) is 10.3. The summed E-state index contributed by atoms with van der Waals surface area (Å²) in [5.41, 5.74) is 7.97. The summed E-state index contributed by atoms with van der Waals surface area (Å²) in [6, 6.07) is 35.1. The maximum Gasteiger partial charge on any atom is 0.315 e. The molecular weight excluding hydrogens is 622 g/mol. The van der Waals surface area contributed by atoms with Gasteiger partial charge < -0.3 is 25.2 Å². The van der Waals surface area contributed by atoms with Crippen molar-refractivity contribution in [3.8, 4) is 11.1 Å². The molecule has 7 heteroatoms. The van der Waals surface area contributed by atoms with Crippen LogP contribution in [0.1, 0.15) is 86.7 Å². The Morgan fingerprint density at radius 2 is 1.50 bits per heavy atom. The minimum absolute atomic E-state index is 0.0264. The highest BCUT2D eigenvalue weighted by Crippen LogP contribution is 2.53. The minimum atomic E-state index is -0.496. The molecule has 5 atom stereocenters. The molecule has 2 bridgehead atoms. The van der Waals surface area contributed by atoms with E-state index in [-0.39, 0.29) is 24.8 Å². The van der Waals surface area contributed by atoms with Crippen molar-refractivity contribution in [1.82, 2.24) is 15.5 Å². The van der Waals surface area contributed by atoms with Gasteiger partial charge in [0.2, 0.25) is 0 Å². The van der Waals surface area contributed by atoms with Gasteiger partial charge in [0.05, 0.1) is 18.8 Å². The van der Waals surface area contributed by atoms with Crippen molar-refractivity contribution in [1.29, 1.82) is 0 Å². The second-order valence-electron chi connectivity index (χ2n) is 15.8. The van der Waals surface area contributed by atoms with Gasteiger partial charge >= 0.3 is 6.03 Å². The van der Waals surface area contributed by atoms with Crippen molar-refractivity contribution >= 4 is 6.03 Å². The third kappa shape index (κ3) is 8.13. The van der Waals surface area contributed by atoms with Crippen LogP contribution in [0.4, 0.5) is 4.79 Å². The lowest BCUT2D eigenvalue weighted by molar-refractivity contribution is -0.253. The maximum absolute atomic E-state index is 12.6. The van der Waals surface area contributed by atoms with Gasteiger partial charge in [-0.2, -0.15) is 0 Å². The highest BCUT2D eigenvalue weighted by Gasteiger charge is 2.50. The zero-order chi connectivity index (χ0) is 34.7. The second kappa shape index (κ2) is 14.7. The molecule has 7 rings (SSSR count). The summed E-state index contributed by atoms with van der Waals surface area (Å²) < 4.78 is 13.5. The molecule has 1 aliphatic carbocycles. The highest BCUT2D eigenvalue weighted by atomic mass is 16.7. The number of carbonyl (C=O) groups is 1. The van der Waals surface area contributed by atoms with Crippen LogP contribution in [-0.4, -0.2) is 41.3 Å². The van der Waals surface area contributed by atoms with Crippen LogP contribution in [0.25, 0.3) is 11.1 Å². The van der Waals surface area contributed by atoms with Crippen molar-refractivity contribution in [2.75, 3.05) is 13.1 Å². The molecule has 4 aromatic rings. The van der Waals surface area contributed by atoms with Crippen molar-refractivity contribution < 1.29 is 19.4 Å². The standard InChI is InChI=1S/C43H51N3O4/c1-42(2)22-36-23-43(3,28-42)29-46(36)26-37-21-39(33-15-13-31(27-47)14-16-33)50-40(49-37)34-19-17-32(18-20-34)38-12-8-7-11-35(38)25-45-41(48)44-24-30-9-5-4-6-10-30/h4-20,36-37,39-40,47H,21-29H2,1-3H3,(H2,44,45,48). The summed E-state index contributed by atoms with van der Waals surface area (Å²) in [6.07, 6.45) is 3.99. The Balaban J connectivity index is 1.05. The molecule has 0 aromatic heterocycles. The number of urea groups is 1. The molecule has 4 aromatic carbocycles. The number of hydrogen-bond acceptors (Lipinski definition) is 5. The number of fused-ring (bicyclic) bond motifs is 2. The number of rotatable bonds is 10. The first-order valence-corrected chi connectivity index (χ1v) is 18.1. The van der Waals surface area contributed by atoms with Gasteiger partial charge in [0.15, 0.2) is 6.29 Å². The summed E-state index contributed by atoms with van der Waals surface area (Å²) in [4.78, 5) is 15.3. The van der Waals surface area contributed by atoms with E-state index in [4.69, 9.17) is 9.47 Å². The molecule has 1 saturated carbocycles. The lowest BCUT2D eigenvalue weighted by Gasteiger charge is -2.41. The fraction of sp³-hybridized carbons (Fsp3) is 0.419. The number of aliphatic hydroxyl groups is 1. The molecule has 0 spiro atoms. The van der Waals surface area contributed by atoms with Crippen LogP contribution in [0.15, 0.2) is 103 Å². The molecule has 3 aliphatic rings. The van der Waals surface area contributed by atoms with Crippen LogP contribution < -0.4 is 10.6 Å². The summed E-state index contributed by atoms with van der Waals surface area (Å²) in [7, 11) is 0. The van der Waals surface area contributed by atoms with Gasteiger partial charge in [-0.3, -0.25) is 4.90 Å². The van der Waals surface area contributed by atoms with Crippen molar-refractivity contribution in [3.05, 3.63) is 131 Å². The molecule has 2 heterocycles. The summed E-state index contributed by atoms with van der Waals surface area (Å²) in [5, 5.41) is 15.6. The third-order valence-corrected chi connectivity index (χ3v) is 10.8. The third-order valence-electron chi connectivity index (χ3n) is 10.8. The number of likely N-dealkylation sites (tertiary alicyclic amines) is 1. The van der Waals surface area contributed by atoms with Crippen molar-refractivity contribution in [2.45, 2.75) is 90.7 Å². The Bertz CT molecular complexity index is 1740. The van der Waals surface area contributed by atoms with Crippen LogP contribution in [0.2, 0.25) is 0 Å². The number of hydrogen-bond donors (Lipinski definition) is 3. The van der Waals surface area contributed by atoms with Crippen LogP contribution in [0.3, 0.4) is 0 Å². The topological polar surface area (TPSA) is 83.1 Å². The Labute approximate surface area is 297 Å². The van der Waals surface area contributed by atoms with Crippen LogP contribution in [0, 0.1) is 10.8 Å². The number of nitrogens with one attached hydrogen (secondary N) is 2. The predicted octanol–water partition coefficient (Wildman–Crippen LogP) is 8.29. The predicted molar refractivity (Wildman–Crippen MR) is 197 cm³/mol. The highest BCUT2D eigenvalue weighted by molar-refractivity contribution is 5.75. The lowest BCUT2D eigenvalue weighted by atomic mass is 9.65. The van der Waals surface area contributed by atoms with E-state index in [0.29, 0.717) is 30.0 Å². The van der Waals surface area contributed by atoms with Gasteiger partial charge in [-0.1, -0.05) is 124 Å². The van der Waals surface area contributed by atoms with Gasteiger partial charge in [-0.25, -0.2) is 4.79 Å². The smallest absolute Gasteiger partial charge is 0.315 e. The molecule has 50 heavy (non-hydrogen) atoms. The average Bonchev–Trinajstić information content (AvgIpc) is 3.37. The molecule has 3 N–H and O–H groups in total. The Morgan fingerprint density at radius 1 is 0.800 bits per heavy atom. The molecule has 2 aliphatic heterocycles. The molecule has 0 radical (unpaired) electrons. The van der Waals surface area contributed by atoms with E-state index in [0.717, 1.165) is 58.5 Å². The Kier molecular flexibility index (Phi) is 10.1. The number of benzene rings is 4. The molecule has 2 amide bonds. The number of amides is 2. The van der Waals surface area contributed by atoms with E-state index in [2.05, 4.69) is 84.8 Å². The van der Waals surface area contributed by atoms with Crippen LogP contribution in [-0.2, 0) is 29.2 Å². The number of ether oxygens (including phenoxy) is 2. The molecule has 7 nitrogen and oxygen atoms in total. The molecule has 3 fully saturated rings. The van der Waals surface area contributed by atoms with Gasteiger partial charge in [0.25, 0.3) is 0 Å². The van der Waals surface area contributed by atoms with E-state index >= 15 is 0 Å². The first-order valence-electron chi connectivity index (χ1n) is 18.1. The van der Waals surface area contributed by atoms with Crippen molar-refractivity contribution in [2.24, 2.45) is 10.8 Å². The lowest BCUT2D eigenvalue weighted by Crippen LogP contribution is -2.42. The molecule has 5 unspecified atom stereocenters. The normalized spacial score (nSPS) is 26.0. The van der Waals surface area contributed by atoms with E-state index in [1.54, 1.807) is 0 Å². The van der Waals surface area contributed by atoms with Gasteiger partial charge in [0, 0.05) is 44.2 Å². The van der Waals surface area contributed by atoms with Gasteiger partial charge in [0.1, 0.15) is 0 Å². The first-order chi connectivity index (χ1) is 24.1. The molecule has 2 saturated heterocycles. The zero-order valence-corrected chi connectivity index (χ0v) is 29.6. The zero-order valence-electron chi connectivity index (χ0n) is 29.6. The number of carbonyl (C=O) groups excluding carboxylic acids is 1. The minimum Gasteiger partial charge on any atom is -0.392 e. The van der Waals surface area contributed by atoms with E-state index in [1.165, 1.54) is 19.3 Å². The van der Waals surface area contributed by atoms with E-state index in [9.17, 15) is 9.90 Å². The average molecular weight is 674 g/mol. The number of nitrogens with zero attached hydrogens (tertiary/aromatic N) is 1. The number of aliphatic hydroxyl groups excluding tert-OH is 1.